The number of likely N-dealkylation sites (tertiary alicyclic amines) is 1. The lowest BCUT2D eigenvalue weighted by Crippen LogP contribution is -2.48. The van der Waals surface area contributed by atoms with Gasteiger partial charge in [0.25, 0.3) is 0 Å². The van der Waals surface area contributed by atoms with E-state index < -0.39 is 5.54 Å². The van der Waals surface area contributed by atoms with Gasteiger partial charge in [-0.2, -0.15) is 10.4 Å². The second-order valence-corrected chi connectivity index (χ2v) is 9.38. The molecule has 168 valence electrons. The molecule has 5 rings (SSSR count). The molecule has 1 spiro atoms. The molecule has 0 radical (unpaired) electrons. The lowest BCUT2D eigenvalue weighted by molar-refractivity contribution is 0.193. The number of pyridine rings is 2. The predicted molar refractivity (Wildman–Crippen MR) is 123 cm³/mol. The molecule has 0 saturated carbocycles. The molecule has 0 bridgehead atoms. The van der Waals surface area contributed by atoms with E-state index in [1.54, 1.807) is 18.5 Å². The minimum absolute atomic E-state index is 0.0814. The Labute approximate surface area is 192 Å². The van der Waals surface area contributed by atoms with Crippen molar-refractivity contribution in [1.29, 1.82) is 5.26 Å². The molecule has 5 heterocycles. The zero-order valence-corrected chi connectivity index (χ0v) is 18.7. The number of aryl methyl sites for hydroxylation is 1. The fourth-order valence-electron chi connectivity index (χ4n) is 4.91. The summed E-state index contributed by atoms with van der Waals surface area (Å²) >= 11 is 0. The molecule has 2 amide bonds. The highest BCUT2D eigenvalue weighted by molar-refractivity contribution is 5.76. The third kappa shape index (κ3) is 3.57. The highest BCUT2D eigenvalue weighted by Crippen LogP contribution is 2.44. The van der Waals surface area contributed by atoms with Crippen LogP contribution in [0.4, 0.5) is 10.6 Å². The van der Waals surface area contributed by atoms with Crippen molar-refractivity contribution in [3.05, 3.63) is 59.7 Å². The number of carbonyl (C=O) groups excluding carboxylic acids is 1. The number of aromatic nitrogens is 4. The van der Waals surface area contributed by atoms with Crippen LogP contribution in [0.3, 0.4) is 0 Å². The van der Waals surface area contributed by atoms with Crippen LogP contribution in [-0.4, -0.2) is 43.8 Å². The molecule has 0 unspecified atom stereocenters. The van der Waals surface area contributed by atoms with Crippen molar-refractivity contribution in [2.75, 3.05) is 18.8 Å². The summed E-state index contributed by atoms with van der Waals surface area (Å²) in [7, 11) is 0. The van der Waals surface area contributed by atoms with E-state index in [0.717, 1.165) is 42.0 Å². The highest BCUT2D eigenvalue weighted by atomic mass is 16.2. The summed E-state index contributed by atoms with van der Waals surface area (Å²) in [5.41, 5.74) is 8.91. The number of nitrogens with zero attached hydrogens (tertiary/aromatic N) is 6. The van der Waals surface area contributed by atoms with Gasteiger partial charge in [-0.05, 0) is 51.0 Å². The molecule has 1 atom stereocenters. The van der Waals surface area contributed by atoms with Gasteiger partial charge in [-0.3, -0.25) is 9.67 Å². The molecular weight excluding hydrogens is 416 g/mol. The Bertz CT molecular complexity index is 1260. The van der Waals surface area contributed by atoms with Gasteiger partial charge in [0.2, 0.25) is 0 Å². The molecule has 3 N–H and O–H groups in total. The number of hydrogen-bond donors (Lipinski definition) is 2. The van der Waals surface area contributed by atoms with E-state index in [1.807, 2.05) is 41.6 Å². The van der Waals surface area contributed by atoms with Crippen molar-refractivity contribution in [3.8, 4) is 17.3 Å². The van der Waals surface area contributed by atoms with E-state index in [0.29, 0.717) is 18.7 Å². The summed E-state index contributed by atoms with van der Waals surface area (Å²) in [5, 5.41) is 17.2. The van der Waals surface area contributed by atoms with Gasteiger partial charge in [0, 0.05) is 48.7 Å². The van der Waals surface area contributed by atoms with Crippen LogP contribution >= 0.6 is 0 Å². The summed E-state index contributed by atoms with van der Waals surface area (Å²) in [5.74, 6) is 0.218. The second-order valence-electron chi connectivity index (χ2n) is 9.38. The standard InChI is InChI=1S/C24H26N8O/c1-23(2,19-5-3-4-8-27-19)29-22(33)31-9-6-24(15-31)7-10-32-20(24)12-18(30-32)17-11-16(13-25)21(26)28-14-17/h3-5,8,11-12,14H,6-7,9-10,15H2,1-2H3,(H2,26,28)(H,29,33)/t24-/m1/s1. The molecule has 3 aromatic rings. The highest BCUT2D eigenvalue weighted by Gasteiger charge is 2.47. The molecule has 1 fully saturated rings. The molecule has 3 aromatic heterocycles. The number of nitrogen functional groups attached to an aromatic ring is 1. The molecule has 1 saturated heterocycles. The van der Waals surface area contributed by atoms with Gasteiger partial charge in [-0.15, -0.1) is 0 Å². The number of fused-ring (bicyclic) bond motifs is 2. The number of nitriles is 1. The van der Waals surface area contributed by atoms with Crippen LogP contribution in [0.25, 0.3) is 11.3 Å². The van der Waals surface area contributed by atoms with Crippen LogP contribution in [0.2, 0.25) is 0 Å². The monoisotopic (exact) mass is 442 g/mol. The lowest BCUT2D eigenvalue weighted by atomic mass is 9.82. The number of rotatable bonds is 3. The number of amides is 2. The molecular formula is C24H26N8O. The van der Waals surface area contributed by atoms with Gasteiger partial charge >= 0.3 is 6.03 Å². The van der Waals surface area contributed by atoms with Gasteiger partial charge in [0.1, 0.15) is 11.9 Å². The predicted octanol–water partition coefficient (Wildman–Crippen LogP) is 2.79. The molecule has 9 nitrogen and oxygen atoms in total. The van der Waals surface area contributed by atoms with E-state index in [2.05, 4.69) is 27.4 Å². The van der Waals surface area contributed by atoms with E-state index in [4.69, 9.17) is 10.8 Å². The fraction of sp³-hybridized carbons (Fsp3) is 0.375. The third-order valence-electron chi connectivity index (χ3n) is 6.83. The van der Waals surface area contributed by atoms with Crippen LogP contribution in [0.15, 0.2) is 42.7 Å². The quantitative estimate of drug-likeness (QED) is 0.642. The average Bonchev–Trinajstić information content (AvgIpc) is 3.51. The number of hydrogen-bond acceptors (Lipinski definition) is 6. The summed E-state index contributed by atoms with van der Waals surface area (Å²) in [4.78, 5) is 23.6. The lowest BCUT2D eigenvalue weighted by Gasteiger charge is -2.30. The van der Waals surface area contributed by atoms with E-state index in [-0.39, 0.29) is 17.3 Å². The van der Waals surface area contributed by atoms with Crippen molar-refractivity contribution < 1.29 is 4.79 Å². The Kier molecular flexibility index (Phi) is 4.81. The summed E-state index contributed by atoms with van der Waals surface area (Å²) in [6.45, 7) is 6.06. The minimum Gasteiger partial charge on any atom is -0.383 e. The molecule has 2 aliphatic heterocycles. The second kappa shape index (κ2) is 7.59. The number of anilines is 1. The maximum absolute atomic E-state index is 13.1. The molecule has 0 aromatic carbocycles. The molecule has 2 aliphatic rings. The first kappa shape index (κ1) is 20.9. The first-order chi connectivity index (χ1) is 15.8. The zero-order chi connectivity index (χ0) is 23.2. The maximum atomic E-state index is 13.1. The van der Waals surface area contributed by atoms with Crippen molar-refractivity contribution in [3.63, 3.8) is 0 Å². The number of urea groups is 1. The van der Waals surface area contributed by atoms with Gasteiger partial charge in [0.15, 0.2) is 0 Å². The van der Waals surface area contributed by atoms with Crippen LogP contribution < -0.4 is 11.1 Å². The van der Waals surface area contributed by atoms with E-state index in [1.165, 1.54) is 0 Å². The van der Waals surface area contributed by atoms with Crippen molar-refractivity contribution >= 4 is 11.8 Å². The number of carbonyl (C=O) groups is 1. The normalized spacial score (nSPS) is 19.5. The first-order valence-electron chi connectivity index (χ1n) is 11.0. The van der Waals surface area contributed by atoms with Crippen LogP contribution in [0.5, 0.6) is 0 Å². The Morgan fingerprint density at radius 1 is 1.24 bits per heavy atom. The Balaban J connectivity index is 1.35. The number of nitrogens with two attached hydrogens (primary N) is 1. The fourth-order valence-corrected chi connectivity index (χ4v) is 4.91. The van der Waals surface area contributed by atoms with Crippen LogP contribution in [0.1, 0.15) is 43.6 Å². The van der Waals surface area contributed by atoms with Gasteiger partial charge in [0.05, 0.1) is 22.5 Å². The first-order valence-corrected chi connectivity index (χ1v) is 11.0. The van der Waals surface area contributed by atoms with Crippen molar-refractivity contribution in [2.45, 2.75) is 44.2 Å². The summed E-state index contributed by atoms with van der Waals surface area (Å²) in [6.07, 6.45) is 5.22. The smallest absolute Gasteiger partial charge is 0.318 e. The Morgan fingerprint density at radius 3 is 2.82 bits per heavy atom. The maximum Gasteiger partial charge on any atom is 0.318 e. The topological polar surface area (TPSA) is 126 Å². The van der Waals surface area contributed by atoms with E-state index >= 15 is 0 Å². The molecule has 0 aliphatic carbocycles. The molecule has 33 heavy (non-hydrogen) atoms. The minimum atomic E-state index is -0.570. The van der Waals surface area contributed by atoms with Crippen molar-refractivity contribution in [2.24, 2.45) is 0 Å². The Hall–Kier alpha value is -3.93. The zero-order valence-electron chi connectivity index (χ0n) is 18.7. The molecule has 9 heteroatoms. The average molecular weight is 443 g/mol. The van der Waals surface area contributed by atoms with E-state index in [9.17, 15) is 10.1 Å². The summed E-state index contributed by atoms with van der Waals surface area (Å²) < 4.78 is 2.02. The van der Waals surface area contributed by atoms with Crippen molar-refractivity contribution in [1.82, 2.24) is 30.0 Å². The third-order valence-corrected chi connectivity index (χ3v) is 6.83. The van der Waals surface area contributed by atoms with Gasteiger partial charge in [-0.1, -0.05) is 6.07 Å². The van der Waals surface area contributed by atoms with Gasteiger partial charge in [-0.25, -0.2) is 9.78 Å². The van der Waals surface area contributed by atoms with Crippen LogP contribution in [0, 0.1) is 11.3 Å². The van der Waals surface area contributed by atoms with Crippen LogP contribution in [-0.2, 0) is 17.5 Å². The summed E-state index contributed by atoms with van der Waals surface area (Å²) in [6, 6.07) is 11.5. The largest absolute Gasteiger partial charge is 0.383 e. The number of nitrogens with one attached hydrogen (secondary N) is 1. The SMILES string of the molecule is CC(C)(NC(=O)N1CC[C@@]2(CCn3nc(-c4cnc(N)c(C#N)c4)cc32)C1)c1ccccn1. The Morgan fingerprint density at radius 2 is 2.06 bits per heavy atom. The van der Waals surface area contributed by atoms with Gasteiger partial charge < -0.3 is 16.0 Å².